The van der Waals surface area contributed by atoms with Crippen LogP contribution in [0, 0.1) is 6.92 Å². The fourth-order valence-electron chi connectivity index (χ4n) is 5.16. The molecule has 0 spiro atoms. The van der Waals surface area contributed by atoms with Gasteiger partial charge in [-0.15, -0.1) is 0 Å². The van der Waals surface area contributed by atoms with Gasteiger partial charge in [-0.3, -0.25) is 24.1 Å². The molecular formula is C35H34N4O5. The minimum Gasteiger partial charge on any atom is -0.497 e. The van der Waals surface area contributed by atoms with Crippen LogP contribution in [0.5, 0.6) is 5.75 Å². The first kappa shape index (κ1) is 30.0. The van der Waals surface area contributed by atoms with E-state index in [1.807, 2.05) is 74.4 Å². The summed E-state index contributed by atoms with van der Waals surface area (Å²) in [7, 11) is 5.43. The van der Waals surface area contributed by atoms with Crippen LogP contribution in [-0.4, -0.2) is 56.2 Å². The predicted molar refractivity (Wildman–Crippen MR) is 170 cm³/mol. The molecule has 1 aliphatic rings. The van der Waals surface area contributed by atoms with Crippen molar-refractivity contribution in [1.29, 1.82) is 0 Å². The molecule has 1 N–H and O–H groups in total. The molecule has 0 bridgehead atoms. The van der Waals surface area contributed by atoms with Gasteiger partial charge in [0, 0.05) is 32.0 Å². The number of amides is 3. The van der Waals surface area contributed by atoms with Gasteiger partial charge in [-0.05, 0) is 66.6 Å². The van der Waals surface area contributed by atoms with E-state index < -0.39 is 36.1 Å². The summed E-state index contributed by atoms with van der Waals surface area (Å²) in [5.74, 6) is -1.70. The molecule has 224 valence electrons. The third kappa shape index (κ3) is 6.32. The molecule has 5 rings (SSSR count). The Morgan fingerprint density at radius 2 is 1.52 bits per heavy atom. The van der Waals surface area contributed by atoms with E-state index in [1.165, 1.54) is 9.80 Å². The molecule has 0 saturated heterocycles. The molecule has 9 nitrogen and oxygen atoms in total. The van der Waals surface area contributed by atoms with E-state index in [4.69, 9.17) is 4.74 Å². The van der Waals surface area contributed by atoms with E-state index in [9.17, 15) is 19.2 Å². The Kier molecular flexibility index (Phi) is 8.76. The number of ether oxygens (including phenoxy) is 1. The van der Waals surface area contributed by atoms with Crippen molar-refractivity contribution in [1.82, 2.24) is 4.90 Å². The average Bonchev–Trinajstić information content (AvgIpc) is 3.27. The minimum atomic E-state index is -1.05. The number of Topliss-reactive ketones (excluding diaryl/α,β-unsaturated/α-hetero) is 1. The van der Waals surface area contributed by atoms with Crippen molar-refractivity contribution in [2.45, 2.75) is 19.5 Å². The molecule has 3 amide bonds. The van der Waals surface area contributed by atoms with Gasteiger partial charge < -0.3 is 19.9 Å². The Balaban J connectivity index is 1.53. The SMILES string of the molecule is COc1ccc(CN(C(=O)CN2C(=O)C(=O)c3ccccc32)C(C(=O)Nc2ccc(N(C)C)cc2)c2ccc(C)cc2)cc1. The first-order valence-electron chi connectivity index (χ1n) is 14.2. The number of ketones is 1. The molecule has 1 atom stereocenters. The summed E-state index contributed by atoms with van der Waals surface area (Å²) in [4.78, 5) is 58.7. The maximum atomic E-state index is 14.3. The van der Waals surface area contributed by atoms with E-state index >= 15 is 0 Å². The van der Waals surface area contributed by atoms with E-state index in [2.05, 4.69) is 5.32 Å². The van der Waals surface area contributed by atoms with Crippen molar-refractivity contribution in [2.75, 3.05) is 42.9 Å². The van der Waals surface area contributed by atoms with Gasteiger partial charge in [-0.1, -0.05) is 54.1 Å². The number of benzene rings is 4. The molecule has 0 fully saturated rings. The third-order valence-electron chi connectivity index (χ3n) is 7.61. The van der Waals surface area contributed by atoms with Crippen LogP contribution in [-0.2, 0) is 20.9 Å². The number of methoxy groups -OCH3 is 1. The van der Waals surface area contributed by atoms with Crippen LogP contribution >= 0.6 is 0 Å². The lowest BCUT2D eigenvalue weighted by molar-refractivity contribution is -0.139. The van der Waals surface area contributed by atoms with Crippen LogP contribution in [0.4, 0.5) is 17.1 Å². The topological polar surface area (TPSA) is 99.3 Å². The van der Waals surface area contributed by atoms with Crippen LogP contribution in [0.3, 0.4) is 0 Å². The number of nitrogens with zero attached hydrogens (tertiary/aromatic N) is 3. The van der Waals surface area contributed by atoms with Crippen LogP contribution in [0.2, 0.25) is 0 Å². The summed E-state index contributed by atoms with van der Waals surface area (Å²) in [6.45, 7) is 1.59. The standard InChI is InChI=1S/C35H34N4O5/c1-23-9-13-25(14-10-23)32(34(42)36-26-15-17-27(18-16-26)37(2)3)39(21-24-11-19-28(44-4)20-12-24)31(40)22-38-30-8-6-5-7-29(30)33(41)35(38)43/h5-20,32H,21-22H2,1-4H3,(H,36,42). The molecule has 4 aromatic carbocycles. The lowest BCUT2D eigenvalue weighted by Gasteiger charge is -2.33. The fourth-order valence-corrected chi connectivity index (χ4v) is 5.16. The molecule has 1 aliphatic heterocycles. The van der Waals surface area contributed by atoms with Gasteiger partial charge in [-0.25, -0.2) is 0 Å². The largest absolute Gasteiger partial charge is 0.497 e. The zero-order chi connectivity index (χ0) is 31.4. The van der Waals surface area contributed by atoms with Gasteiger partial charge >= 0.3 is 0 Å². The summed E-state index contributed by atoms with van der Waals surface area (Å²) < 4.78 is 5.30. The number of aryl methyl sites for hydroxylation is 1. The van der Waals surface area contributed by atoms with Gasteiger partial charge in [0.15, 0.2) is 0 Å². The second-order valence-corrected chi connectivity index (χ2v) is 10.9. The first-order chi connectivity index (χ1) is 21.2. The monoisotopic (exact) mass is 590 g/mol. The number of anilines is 3. The van der Waals surface area contributed by atoms with Crippen molar-refractivity contribution in [3.8, 4) is 5.75 Å². The number of hydrogen-bond acceptors (Lipinski definition) is 6. The first-order valence-corrected chi connectivity index (χ1v) is 14.2. The Bertz CT molecular complexity index is 1680. The van der Waals surface area contributed by atoms with Crippen molar-refractivity contribution < 1.29 is 23.9 Å². The number of rotatable bonds is 10. The third-order valence-corrected chi connectivity index (χ3v) is 7.61. The number of carbonyl (C=O) groups is 4. The lowest BCUT2D eigenvalue weighted by Crippen LogP contribution is -2.46. The van der Waals surface area contributed by atoms with E-state index in [1.54, 1.807) is 55.6 Å². The number of fused-ring (bicyclic) bond motifs is 1. The number of carbonyl (C=O) groups excluding carboxylic acids is 4. The van der Waals surface area contributed by atoms with Crippen LogP contribution in [0.25, 0.3) is 0 Å². The maximum Gasteiger partial charge on any atom is 0.299 e. The highest BCUT2D eigenvalue weighted by atomic mass is 16.5. The Morgan fingerprint density at radius 1 is 0.864 bits per heavy atom. The van der Waals surface area contributed by atoms with Crippen LogP contribution in [0.1, 0.15) is 33.1 Å². The second kappa shape index (κ2) is 12.8. The van der Waals surface area contributed by atoms with Crippen molar-refractivity contribution in [3.63, 3.8) is 0 Å². The van der Waals surface area contributed by atoms with Gasteiger partial charge in [0.2, 0.25) is 5.91 Å². The van der Waals surface area contributed by atoms with E-state index in [-0.39, 0.29) is 12.1 Å². The zero-order valence-corrected chi connectivity index (χ0v) is 25.1. The fraction of sp³-hybridized carbons (Fsp3) is 0.200. The highest BCUT2D eigenvalue weighted by Crippen LogP contribution is 2.31. The summed E-state index contributed by atoms with van der Waals surface area (Å²) >= 11 is 0. The van der Waals surface area contributed by atoms with Crippen molar-refractivity contribution in [2.24, 2.45) is 0 Å². The predicted octanol–water partition coefficient (Wildman–Crippen LogP) is 5.01. The summed E-state index contributed by atoms with van der Waals surface area (Å²) in [5.41, 5.74) is 4.52. The van der Waals surface area contributed by atoms with Crippen LogP contribution < -0.4 is 19.9 Å². The minimum absolute atomic E-state index is 0.0615. The molecule has 4 aromatic rings. The maximum absolute atomic E-state index is 14.3. The summed E-state index contributed by atoms with van der Waals surface area (Å²) in [6, 6.07) is 27.6. The molecule has 9 heteroatoms. The molecule has 1 unspecified atom stereocenters. The molecule has 1 heterocycles. The number of para-hydroxylation sites is 1. The molecular weight excluding hydrogens is 556 g/mol. The quantitative estimate of drug-likeness (QED) is 0.261. The Hall–Kier alpha value is -5.44. The lowest BCUT2D eigenvalue weighted by atomic mass is 10.0. The highest BCUT2D eigenvalue weighted by molar-refractivity contribution is 6.52. The van der Waals surface area contributed by atoms with Gasteiger partial charge in [0.05, 0.1) is 18.4 Å². The summed E-state index contributed by atoms with van der Waals surface area (Å²) in [6.07, 6.45) is 0. The number of nitrogens with one attached hydrogen (secondary N) is 1. The van der Waals surface area contributed by atoms with Gasteiger partial charge in [-0.2, -0.15) is 0 Å². The van der Waals surface area contributed by atoms with E-state index in [0.29, 0.717) is 22.7 Å². The molecule has 0 saturated carbocycles. The number of hydrogen-bond donors (Lipinski definition) is 1. The smallest absolute Gasteiger partial charge is 0.299 e. The highest BCUT2D eigenvalue weighted by Gasteiger charge is 2.39. The van der Waals surface area contributed by atoms with Gasteiger partial charge in [0.1, 0.15) is 18.3 Å². The molecule has 44 heavy (non-hydrogen) atoms. The molecule has 0 radical (unpaired) electrons. The summed E-state index contributed by atoms with van der Waals surface area (Å²) in [5, 5.41) is 2.98. The van der Waals surface area contributed by atoms with Gasteiger partial charge in [0.25, 0.3) is 17.6 Å². The normalized spacial score (nSPS) is 12.9. The molecule has 0 aromatic heterocycles. The second-order valence-electron chi connectivity index (χ2n) is 10.9. The average molecular weight is 591 g/mol. The van der Waals surface area contributed by atoms with E-state index in [0.717, 1.165) is 16.8 Å². The van der Waals surface area contributed by atoms with Crippen molar-refractivity contribution in [3.05, 3.63) is 119 Å². The molecule has 0 aliphatic carbocycles. The zero-order valence-electron chi connectivity index (χ0n) is 25.1. The van der Waals surface area contributed by atoms with Crippen LogP contribution in [0.15, 0.2) is 97.1 Å². The van der Waals surface area contributed by atoms with Crippen molar-refractivity contribution >= 4 is 40.6 Å². The Labute approximate surface area is 256 Å². The Morgan fingerprint density at radius 3 is 2.16 bits per heavy atom.